The molecule has 0 aliphatic heterocycles. The average molecular weight is 304 g/mol. The summed E-state index contributed by atoms with van der Waals surface area (Å²) < 4.78 is 38.2. The molecule has 0 heterocycles. The van der Waals surface area contributed by atoms with Crippen molar-refractivity contribution < 1.29 is 12.6 Å². The zero-order chi connectivity index (χ0) is 14.8. The Balaban J connectivity index is 3.08. The molecule has 0 saturated heterocycles. The number of nitrogen functional groups attached to an aromatic ring is 1. The van der Waals surface area contributed by atoms with Crippen LogP contribution < -0.4 is 10.5 Å². The maximum absolute atomic E-state index is 12.3. The molecule has 1 aromatic carbocycles. The van der Waals surface area contributed by atoms with Crippen LogP contribution in [0, 0.1) is 13.8 Å². The van der Waals surface area contributed by atoms with E-state index in [1.165, 1.54) is 0 Å². The first kappa shape index (κ1) is 16.1. The van der Waals surface area contributed by atoms with Crippen LogP contribution in [0.3, 0.4) is 0 Å². The van der Waals surface area contributed by atoms with Crippen molar-refractivity contribution in [1.82, 2.24) is 4.72 Å². The van der Waals surface area contributed by atoms with Crippen molar-refractivity contribution >= 4 is 26.5 Å². The second kappa shape index (κ2) is 6.02. The summed E-state index contributed by atoms with van der Waals surface area (Å²) in [7, 11) is -4.76. The minimum atomic E-state index is -3.68. The van der Waals surface area contributed by atoms with Gasteiger partial charge in [-0.3, -0.25) is 4.21 Å². The van der Waals surface area contributed by atoms with E-state index in [0.717, 1.165) is 5.56 Å². The molecule has 0 bridgehead atoms. The van der Waals surface area contributed by atoms with Crippen LogP contribution in [0.25, 0.3) is 0 Å². The second-order valence-corrected chi connectivity index (χ2v) is 8.11. The van der Waals surface area contributed by atoms with Gasteiger partial charge in [0, 0.05) is 28.9 Å². The van der Waals surface area contributed by atoms with Gasteiger partial charge < -0.3 is 5.73 Å². The fourth-order valence-corrected chi connectivity index (χ4v) is 3.56. The van der Waals surface area contributed by atoms with Crippen molar-refractivity contribution in [2.75, 3.05) is 18.5 Å². The van der Waals surface area contributed by atoms with Gasteiger partial charge in [-0.1, -0.05) is 12.1 Å². The van der Waals surface area contributed by atoms with Crippen molar-refractivity contribution in [3.8, 4) is 0 Å². The third kappa shape index (κ3) is 3.77. The molecule has 1 aromatic rings. The smallest absolute Gasteiger partial charge is 0.242 e. The largest absolute Gasteiger partial charge is 0.397 e. The number of aryl methyl sites for hydroxylation is 2. The fraction of sp³-hybridized carbons (Fsp3) is 0.500. The van der Waals surface area contributed by atoms with Crippen LogP contribution in [0.2, 0.25) is 0 Å². The SMILES string of the molecule is Cc1ccc(C)c(S(=O)(=O)NCC(C)S(C)=O)c1N. The number of hydrogen-bond acceptors (Lipinski definition) is 4. The van der Waals surface area contributed by atoms with Crippen LogP contribution in [0.15, 0.2) is 17.0 Å². The standard InChI is InChI=1S/C12H20N2O3S2/c1-8-5-6-9(2)12(11(8)13)19(16,17)14-7-10(3)18(4)15/h5-6,10,14H,7,13H2,1-4H3. The van der Waals surface area contributed by atoms with Crippen molar-refractivity contribution in [2.45, 2.75) is 30.9 Å². The number of hydrogen-bond donors (Lipinski definition) is 2. The monoisotopic (exact) mass is 304 g/mol. The summed E-state index contributed by atoms with van der Waals surface area (Å²) in [4.78, 5) is 0.113. The fourth-order valence-electron chi connectivity index (χ4n) is 1.58. The summed E-state index contributed by atoms with van der Waals surface area (Å²) in [5, 5.41) is -0.249. The van der Waals surface area contributed by atoms with Gasteiger partial charge in [0.25, 0.3) is 0 Å². The molecule has 0 radical (unpaired) electrons. The molecule has 0 saturated carbocycles. The first-order valence-electron chi connectivity index (χ1n) is 5.84. The number of nitrogens with two attached hydrogens (primary N) is 1. The maximum Gasteiger partial charge on any atom is 0.242 e. The van der Waals surface area contributed by atoms with E-state index in [9.17, 15) is 12.6 Å². The Morgan fingerprint density at radius 3 is 2.37 bits per heavy atom. The number of nitrogens with one attached hydrogen (secondary N) is 1. The molecule has 0 amide bonds. The summed E-state index contributed by atoms with van der Waals surface area (Å²) in [5.41, 5.74) is 7.44. The van der Waals surface area contributed by atoms with Crippen LogP contribution in [0.1, 0.15) is 18.1 Å². The van der Waals surface area contributed by atoms with Gasteiger partial charge in [-0.05, 0) is 31.9 Å². The van der Waals surface area contributed by atoms with E-state index in [1.54, 1.807) is 39.2 Å². The minimum Gasteiger partial charge on any atom is -0.397 e. The lowest BCUT2D eigenvalue weighted by atomic mass is 10.1. The van der Waals surface area contributed by atoms with E-state index in [1.807, 2.05) is 0 Å². The van der Waals surface area contributed by atoms with Crippen LogP contribution in [-0.2, 0) is 20.8 Å². The lowest BCUT2D eigenvalue weighted by molar-refractivity contribution is 0.580. The Morgan fingerprint density at radius 2 is 1.84 bits per heavy atom. The third-order valence-corrected chi connectivity index (χ3v) is 5.93. The van der Waals surface area contributed by atoms with E-state index in [0.29, 0.717) is 5.56 Å². The first-order chi connectivity index (χ1) is 8.66. The van der Waals surface area contributed by atoms with Gasteiger partial charge in [-0.25, -0.2) is 13.1 Å². The van der Waals surface area contributed by atoms with E-state index in [4.69, 9.17) is 5.73 Å². The molecule has 3 N–H and O–H groups in total. The molecule has 7 heteroatoms. The predicted octanol–water partition coefficient (Wildman–Crippen LogP) is 0.931. The highest BCUT2D eigenvalue weighted by atomic mass is 32.2. The summed E-state index contributed by atoms with van der Waals surface area (Å²) in [6.45, 7) is 5.31. The van der Waals surface area contributed by atoms with Gasteiger partial charge in [0.2, 0.25) is 10.0 Å². The summed E-state index contributed by atoms with van der Waals surface area (Å²) >= 11 is 0. The Bertz CT molecular complexity index is 597. The maximum atomic E-state index is 12.3. The Labute approximate surface area is 117 Å². The zero-order valence-electron chi connectivity index (χ0n) is 11.6. The summed E-state index contributed by atoms with van der Waals surface area (Å²) in [5.74, 6) is 0. The van der Waals surface area contributed by atoms with Gasteiger partial charge >= 0.3 is 0 Å². The molecule has 0 aliphatic carbocycles. The molecule has 2 unspecified atom stereocenters. The molecule has 19 heavy (non-hydrogen) atoms. The topological polar surface area (TPSA) is 89.3 Å². The lowest BCUT2D eigenvalue weighted by Gasteiger charge is -2.15. The molecule has 2 atom stereocenters. The van der Waals surface area contributed by atoms with Crippen LogP contribution in [-0.4, -0.2) is 30.7 Å². The number of sulfonamides is 1. The van der Waals surface area contributed by atoms with Crippen molar-refractivity contribution in [1.29, 1.82) is 0 Å². The Kier molecular flexibility index (Phi) is 5.11. The van der Waals surface area contributed by atoms with Crippen molar-refractivity contribution in [2.24, 2.45) is 0 Å². The van der Waals surface area contributed by atoms with Crippen LogP contribution in [0.5, 0.6) is 0 Å². The molecular formula is C12H20N2O3S2. The van der Waals surface area contributed by atoms with Gasteiger partial charge in [-0.2, -0.15) is 0 Å². The number of rotatable bonds is 5. The van der Waals surface area contributed by atoms with Crippen LogP contribution >= 0.6 is 0 Å². The summed E-state index contributed by atoms with van der Waals surface area (Å²) in [6.07, 6.45) is 1.55. The van der Waals surface area contributed by atoms with E-state index >= 15 is 0 Å². The molecule has 0 aromatic heterocycles. The highest BCUT2D eigenvalue weighted by Crippen LogP contribution is 2.25. The first-order valence-corrected chi connectivity index (χ1v) is 8.95. The Hall–Kier alpha value is -0.920. The van der Waals surface area contributed by atoms with Crippen molar-refractivity contribution in [3.63, 3.8) is 0 Å². The molecule has 5 nitrogen and oxygen atoms in total. The summed E-state index contributed by atoms with van der Waals surface area (Å²) in [6, 6.07) is 3.51. The van der Waals surface area contributed by atoms with Gasteiger partial charge in [0.05, 0.1) is 5.69 Å². The predicted molar refractivity (Wildman–Crippen MR) is 79.0 cm³/mol. The van der Waals surface area contributed by atoms with Crippen molar-refractivity contribution in [3.05, 3.63) is 23.3 Å². The third-order valence-electron chi connectivity index (χ3n) is 3.01. The molecule has 0 spiro atoms. The van der Waals surface area contributed by atoms with E-state index < -0.39 is 20.8 Å². The van der Waals surface area contributed by atoms with E-state index in [2.05, 4.69) is 4.72 Å². The zero-order valence-corrected chi connectivity index (χ0v) is 13.2. The van der Waals surface area contributed by atoms with Gasteiger partial charge in [0.15, 0.2) is 0 Å². The lowest BCUT2D eigenvalue weighted by Crippen LogP contribution is -2.33. The highest BCUT2D eigenvalue weighted by Gasteiger charge is 2.22. The molecule has 0 fully saturated rings. The average Bonchev–Trinajstić information content (AvgIpc) is 2.31. The molecule has 1 rings (SSSR count). The highest BCUT2D eigenvalue weighted by molar-refractivity contribution is 7.89. The number of anilines is 1. The Morgan fingerprint density at radius 1 is 1.32 bits per heavy atom. The second-order valence-electron chi connectivity index (χ2n) is 4.60. The van der Waals surface area contributed by atoms with Crippen LogP contribution in [0.4, 0.5) is 5.69 Å². The van der Waals surface area contributed by atoms with Gasteiger partial charge in [0.1, 0.15) is 4.90 Å². The minimum absolute atomic E-state index is 0.113. The molecule has 0 aliphatic rings. The normalized spacial score (nSPS) is 15.2. The molecular weight excluding hydrogens is 284 g/mol. The number of benzene rings is 1. The quantitative estimate of drug-likeness (QED) is 0.792. The molecule has 108 valence electrons. The van der Waals surface area contributed by atoms with Gasteiger partial charge in [-0.15, -0.1) is 0 Å². The van der Waals surface area contributed by atoms with E-state index in [-0.39, 0.29) is 22.4 Å².